The summed E-state index contributed by atoms with van der Waals surface area (Å²) in [5, 5.41) is 6.87. The van der Waals surface area contributed by atoms with Gasteiger partial charge in [0.1, 0.15) is 0 Å². The van der Waals surface area contributed by atoms with E-state index in [4.69, 9.17) is 16.3 Å². The number of hydrogen-bond acceptors (Lipinski definition) is 3. The molecule has 0 spiro atoms. The number of methoxy groups -OCH3 is 1. The van der Waals surface area contributed by atoms with Gasteiger partial charge in [-0.15, -0.1) is 12.4 Å². The highest BCUT2D eigenvalue weighted by molar-refractivity contribution is 6.30. The Hall–Kier alpha value is -0.810. The van der Waals surface area contributed by atoms with Gasteiger partial charge in [-0.2, -0.15) is 0 Å². The first-order chi connectivity index (χ1) is 10.5. The molecular formula is C17H28Cl2N2O2. The van der Waals surface area contributed by atoms with Gasteiger partial charge in [-0.25, -0.2) is 0 Å². The fourth-order valence-corrected chi connectivity index (χ4v) is 2.26. The topological polar surface area (TPSA) is 50.4 Å². The molecule has 6 heteroatoms. The highest BCUT2D eigenvalue weighted by Crippen LogP contribution is 2.22. The molecule has 132 valence electrons. The molecule has 0 fully saturated rings. The number of nitrogens with one attached hydrogen (secondary N) is 2. The molecule has 0 heterocycles. The summed E-state index contributed by atoms with van der Waals surface area (Å²) >= 11 is 5.94. The number of halogens is 2. The van der Waals surface area contributed by atoms with Gasteiger partial charge < -0.3 is 15.4 Å². The van der Waals surface area contributed by atoms with E-state index in [-0.39, 0.29) is 24.4 Å². The van der Waals surface area contributed by atoms with E-state index in [1.165, 1.54) is 0 Å². The monoisotopic (exact) mass is 362 g/mol. The maximum absolute atomic E-state index is 12.1. The predicted molar refractivity (Wildman–Crippen MR) is 98.4 cm³/mol. The van der Waals surface area contributed by atoms with E-state index in [0.29, 0.717) is 30.6 Å². The molecule has 0 aliphatic carbocycles. The van der Waals surface area contributed by atoms with Crippen LogP contribution >= 0.6 is 24.0 Å². The van der Waals surface area contributed by atoms with Gasteiger partial charge in [0.2, 0.25) is 5.91 Å². The standard InChI is InChI=1S/C17H27ClN2O2.ClH/c1-13(2)4-9-16(14-5-7-15(18)8-6-14)20-17(21)12-19-10-11-22-3;/h5-8,13,16,19H,4,9-12H2,1-3H3,(H,20,21);1H. The van der Waals surface area contributed by atoms with E-state index in [1.54, 1.807) is 7.11 Å². The Balaban J connectivity index is 0.00000484. The number of carbonyl (C=O) groups is 1. The zero-order valence-corrected chi connectivity index (χ0v) is 15.7. The molecule has 0 aliphatic heterocycles. The molecule has 2 N–H and O–H groups in total. The predicted octanol–water partition coefficient (Wildman–Crippen LogP) is 3.59. The van der Waals surface area contributed by atoms with Gasteiger partial charge in [0, 0.05) is 18.7 Å². The van der Waals surface area contributed by atoms with Crippen molar-refractivity contribution in [3.63, 3.8) is 0 Å². The minimum atomic E-state index is -0.000177. The van der Waals surface area contributed by atoms with Crippen LogP contribution in [-0.4, -0.2) is 32.7 Å². The molecule has 1 amide bonds. The minimum absolute atomic E-state index is 0. The summed E-state index contributed by atoms with van der Waals surface area (Å²) in [5.74, 6) is 0.603. The molecule has 1 aromatic rings. The van der Waals surface area contributed by atoms with E-state index in [2.05, 4.69) is 24.5 Å². The first-order valence-corrected chi connectivity index (χ1v) is 8.15. The number of amides is 1. The van der Waals surface area contributed by atoms with Crippen molar-refractivity contribution in [2.75, 3.05) is 26.8 Å². The molecule has 0 aliphatic rings. The lowest BCUT2D eigenvalue weighted by Crippen LogP contribution is -2.37. The highest BCUT2D eigenvalue weighted by Gasteiger charge is 2.15. The number of rotatable bonds is 10. The number of carbonyl (C=O) groups excluding carboxylic acids is 1. The fourth-order valence-electron chi connectivity index (χ4n) is 2.14. The zero-order valence-electron chi connectivity index (χ0n) is 14.1. The first kappa shape index (κ1) is 22.2. The lowest BCUT2D eigenvalue weighted by Gasteiger charge is -2.20. The Morgan fingerprint density at radius 3 is 2.43 bits per heavy atom. The summed E-state index contributed by atoms with van der Waals surface area (Å²) < 4.78 is 4.94. The maximum atomic E-state index is 12.1. The molecule has 0 saturated carbocycles. The first-order valence-electron chi connectivity index (χ1n) is 7.77. The van der Waals surface area contributed by atoms with Crippen LogP contribution < -0.4 is 10.6 Å². The molecule has 1 atom stereocenters. The Kier molecular flexibility index (Phi) is 12.1. The van der Waals surface area contributed by atoms with Crippen molar-refractivity contribution in [1.29, 1.82) is 0 Å². The Bertz CT molecular complexity index is 439. The molecule has 23 heavy (non-hydrogen) atoms. The molecule has 4 nitrogen and oxygen atoms in total. The largest absolute Gasteiger partial charge is 0.383 e. The number of benzene rings is 1. The van der Waals surface area contributed by atoms with Crippen LogP contribution in [0.25, 0.3) is 0 Å². The SMILES string of the molecule is COCCNCC(=O)NC(CCC(C)C)c1ccc(Cl)cc1.Cl. The van der Waals surface area contributed by atoms with Gasteiger partial charge in [-0.05, 0) is 36.5 Å². The Morgan fingerprint density at radius 1 is 1.22 bits per heavy atom. The second kappa shape index (κ2) is 12.6. The van der Waals surface area contributed by atoms with E-state index in [9.17, 15) is 4.79 Å². The van der Waals surface area contributed by atoms with Crippen molar-refractivity contribution in [1.82, 2.24) is 10.6 Å². The second-order valence-corrected chi connectivity index (χ2v) is 6.25. The van der Waals surface area contributed by atoms with Crippen LogP contribution in [0, 0.1) is 5.92 Å². The summed E-state index contributed by atoms with van der Waals surface area (Å²) in [5.41, 5.74) is 1.09. The van der Waals surface area contributed by atoms with Crippen molar-refractivity contribution >= 4 is 29.9 Å². The van der Waals surface area contributed by atoms with E-state index in [1.807, 2.05) is 24.3 Å². The van der Waals surface area contributed by atoms with Gasteiger partial charge in [0.25, 0.3) is 0 Å². The van der Waals surface area contributed by atoms with Crippen molar-refractivity contribution < 1.29 is 9.53 Å². The molecule has 0 radical (unpaired) electrons. The van der Waals surface area contributed by atoms with Gasteiger partial charge in [-0.3, -0.25) is 4.79 Å². The summed E-state index contributed by atoms with van der Waals surface area (Å²) in [6.45, 7) is 5.94. The third-order valence-corrected chi connectivity index (χ3v) is 3.66. The number of hydrogen-bond donors (Lipinski definition) is 2. The maximum Gasteiger partial charge on any atom is 0.234 e. The Labute approximate surface area is 150 Å². The molecule has 1 aromatic carbocycles. The number of ether oxygens (including phenoxy) is 1. The summed E-state index contributed by atoms with van der Waals surface area (Å²) in [6.07, 6.45) is 1.98. The molecular weight excluding hydrogens is 335 g/mol. The summed E-state index contributed by atoms with van der Waals surface area (Å²) in [4.78, 5) is 12.1. The van der Waals surface area contributed by atoms with Gasteiger partial charge in [0.05, 0.1) is 19.2 Å². The third kappa shape index (κ3) is 9.82. The molecule has 0 aromatic heterocycles. The fraction of sp³-hybridized carbons (Fsp3) is 0.588. The summed E-state index contributed by atoms with van der Waals surface area (Å²) in [7, 11) is 1.64. The minimum Gasteiger partial charge on any atom is -0.383 e. The molecule has 1 unspecified atom stereocenters. The molecule has 0 saturated heterocycles. The smallest absolute Gasteiger partial charge is 0.234 e. The zero-order chi connectivity index (χ0) is 16.4. The lowest BCUT2D eigenvalue weighted by atomic mass is 9.97. The second-order valence-electron chi connectivity index (χ2n) is 5.81. The Morgan fingerprint density at radius 2 is 1.87 bits per heavy atom. The van der Waals surface area contributed by atoms with Crippen molar-refractivity contribution in [3.8, 4) is 0 Å². The van der Waals surface area contributed by atoms with Crippen LogP contribution in [0.3, 0.4) is 0 Å². The van der Waals surface area contributed by atoms with Crippen molar-refractivity contribution in [2.24, 2.45) is 5.92 Å². The average molecular weight is 363 g/mol. The highest BCUT2D eigenvalue weighted by atomic mass is 35.5. The van der Waals surface area contributed by atoms with Crippen LogP contribution in [0.5, 0.6) is 0 Å². The summed E-state index contributed by atoms with van der Waals surface area (Å²) in [6, 6.07) is 7.71. The van der Waals surface area contributed by atoms with E-state index < -0.39 is 0 Å². The van der Waals surface area contributed by atoms with Crippen molar-refractivity contribution in [3.05, 3.63) is 34.9 Å². The van der Waals surface area contributed by atoms with Crippen LogP contribution in [0.2, 0.25) is 5.02 Å². The quantitative estimate of drug-likeness (QED) is 0.625. The van der Waals surface area contributed by atoms with Gasteiger partial charge >= 0.3 is 0 Å². The third-order valence-electron chi connectivity index (χ3n) is 3.41. The molecule has 0 bridgehead atoms. The van der Waals surface area contributed by atoms with Gasteiger partial charge in [0.15, 0.2) is 0 Å². The normalized spacial score (nSPS) is 11.9. The lowest BCUT2D eigenvalue weighted by molar-refractivity contribution is -0.121. The van der Waals surface area contributed by atoms with Crippen LogP contribution in [0.1, 0.15) is 38.3 Å². The van der Waals surface area contributed by atoms with Gasteiger partial charge in [-0.1, -0.05) is 37.6 Å². The van der Waals surface area contributed by atoms with E-state index >= 15 is 0 Å². The van der Waals surface area contributed by atoms with Crippen LogP contribution in [-0.2, 0) is 9.53 Å². The van der Waals surface area contributed by atoms with Crippen LogP contribution in [0.15, 0.2) is 24.3 Å². The van der Waals surface area contributed by atoms with Crippen LogP contribution in [0.4, 0.5) is 0 Å². The molecule has 1 rings (SSSR count). The van der Waals surface area contributed by atoms with Crippen molar-refractivity contribution in [2.45, 2.75) is 32.7 Å². The average Bonchev–Trinajstić information content (AvgIpc) is 2.49. The van der Waals surface area contributed by atoms with E-state index in [0.717, 1.165) is 18.4 Å².